The van der Waals surface area contributed by atoms with Crippen LogP contribution in [0, 0.1) is 11.8 Å². The number of morpholine rings is 1. The standard InChI is InChI=1S/C29H30N2O6S/c1-35-26-14-8-23(9-15-26)24-10-16-27(17-11-24)38(33,34)30-28(29(32)36-2)5-3-4-22-6-12-25(13-7-22)31-18-20-37-21-19-31/h6-17,28,30H,5,18-21H2,1-2H3. The summed E-state index contributed by atoms with van der Waals surface area (Å²) in [6.07, 6.45) is -0.0406. The van der Waals surface area contributed by atoms with Crippen LogP contribution in [0.25, 0.3) is 11.1 Å². The molecule has 1 aliphatic rings. The van der Waals surface area contributed by atoms with E-state index in [2.05, 4.69) is 21.5 Å². The van der Waals surface area contributed by atoms with Crippen LogP contribution >= 0.6 is 0 Å². The maximum absolute atomic E-state index is 13.0. The molecule has 3 aromatic carbocycles. The van der Waals surface area contributed by atoms with Crippen LogP contribution in [0.3, 0.4) is 0 Å². The third-order valence-electron chi connectivity index (χ3n) is 6.15. The molecule has 3 aromatic rings. The first kappa shape index (κ1) is 27.2. The van der Waals surface area contributed by atoms with E-state index in [1.54, 1.807) is 19.2 Å². The Kier molecular flexibility index (Phi) is 9.02. The van der Waals surface area contributed by atoms with Crippen molar-refractivity contribution in [3.63, 3.8) is 0 Å². The highest BCUT2D eigenvalue weighted by Crippen LogP contribution is 2.24. The first-order valence-electron chi connectivity index (χ1n) is 12.2. The molecule has 1 aliphatic heterocycles. The lowest BCUT2D eigenvalue weighted by molar-refractivity contribution is -0.142. The number of nitrogens with one attached hydrogen (secondary N) is 1. The average Bonchev–Trinajstić information content (AvgIpc) is 2.97. The first-order valence-corrected chi connectivity index (χ1v) is 13.6. The summed E-state index contributed by atoms with van der Waals surface area (Å²) < 4.78 is 43.8. The molecule has 1 atom stereocenters. The molecule has 1 heterocycles. The summed E-state index contributed by atoms with van der Waals surface area (Å²) in [5.41, 5.74) is 3.63. The zero-order chi connectivity index (χ0) is 27.0. The number of nitrogens with zero attached hydrogens (tertiary/aromatic N) is 1. The van der Waals surface area contributed by atoms with E-state index in [4.69, 9.17) is 14.2 Å². The highest BCUT2D eigenvalue weighted by Gasteiger charge is 2.26. The maximum atomic E-state index is 13.0. The highest BCUT2D eigenvalue weighted by molar-refractivity contribution is 7.89. The second kappa shape index (κ2) is 12.6. The van der Waals surface area contributed by atoms with Gasteiger partial charge in [-0.3, -0.25) is 4.79 Å². The quantitative estimate of drug-likeness (QED) is 0.349. The minimum absolute atomic E-state index is 0.0373. The van der Waals surface area contributed by atoms with Gasteiger partial charge in [0.2, 0.25) is 10.0 Å². The van der Waals surface area contributed by atoms with Crippen molar-refractivity contribution in [2.45, 2.75) is 17.4 Å². The molecule has 0 bridgehead atoms. The van der Waals surface area contributed by atoms with Gasteiger partial charge in [0.15, 0.2) is 0 Å². The van der Waals surface area contributed by atoms with Crippen molar-refractivity contribution in [1.29, 1.82) is 0 Å². The van der Waals surface area contributed by atoms with Gasteiger partial charge >= 0.3 is 5.97 Å². The molecule has 4 rings (SSSR count). The molecule has 0 spiro atoms. The Labute approximate surface area is 223 Å². The van der Waals surface area contributed by atoms with Crippen molar-refractivity contribution in [2.75, 3.05) is 45.4 Å². The van der Waals surface area contributed by atoms with Gasteiger partial charge in [-0.1, -0.05) is 36.1 Å². The lowest BCUT2D eigenvalue weighted by Gasteiger charge is -2.28. The number of benzene rings is 3. The van der Waals surface area contributed by atoms with Gasteiger partial charge in [-0.05, 0) is 59.7 Å². The number of hydrogen-bond donors (Lipinski definition) is 1. The van der Waals surface area contributed by atoms with Crippen molar-refractivity contribution in [2.24, 2.45) is 0 Å². The minimum Gasteiger partial charge on any atom is -0.497 e. The van der Waals surface area contributed by atoms with Crippen LogP contribution in [-0.2, 0) is 24.3 Å². The molecular formula is C29H30N2O6S. The van der Waals surface area contributed by atoms with E-state index < -0.39 is 22.0 Å². The smallest absolute Gasteiger partial charge is 0.324 e. The van der Waals surface area contributed by atoms with Crippen LogP contribution in [0.5, 0.6) is 5.75 Å². The molecule has 0 aromatic heterocycles. The summed E-state index contributed by atoms with van der Waals surface area (Å²) in [6, 6.07) is 20.5. The van der Waals surface area contributed by atoms with Gasteiger partial charge in [0.1, 0.15) is 11.8 Å². The lowest BCUT2D eigenvalue weighted by Crippen LogP contribution is -2.41. The topological polar surface area (TPSA) is 94.2 Å². The molecule has 198 valence electrons. The first-order chi connectivity index (χ1) is 18.4. The summed E-state index contributed by atoms with van der Waals surface area (Å²) >= 11 is 0. The van der Waals surface area contributed by atoms with Gasteiger partial charge in [0, 0.05) is 30.8 Å². The van der Waals surface area contributed by atoms with Crippen molar-refractivity contribution in [1.82, 2.24) is 4.72 Å². The molecule has 9 heteroatoms. The molecule has 0 radical (unpaired) electrons. The number of sulfonamides is 1. The fraction of sp³-hybridized carbons (Fsp3) is 0.276. The fourth-order valence-corrected chi connectivity index (χ4v) is 5.20. The molecule has 8 nitrogen and oxygen atoms in total. The zero-order valence-corrected chi connectivity index (χ0v) is 22.2. The second-order valence-corrected chi connectivity index (χ2v) is 10.3. The van der Waals surface area contributed by atoms with Crippen LogP contribution < -0.4 is 14.4 Å². The van der Waals surface area contributed by atoms with Gasteiger partial charge in [-0.2, -0.15) is 4.72 Å². The van der Waals surface area contributed by atoms with E-state index in [0.717, 1.165) is 41.2 Å². The van der Waals surface area contributed by atoms with Crippen molar-refractivity contribution in [3.8, 4) is 28.7 Å². The van der Waals surface area contributed by atoms with Crippen LogP contribution in [0.4, 0.5) is 5.69 Å². The third-order valence-corrected chi connectivity index (χ3v) is 7.64. The number of ether oxygens (including phenoxy) is 3. The second-order valence-electron chi connectivity index (χ2n) is 8.60. The normalized spacial score (nSPS) is 14.2. The van der Waals surface area contributed by atoms with E-state index in [0.29, 0.717) is 13.2 Å². The summed E-state index contributed by atoms with van der Waals surface area (Å²) in [6.45, 7) is 3.10. The van der Waals surface area contributed by atoms with Crippen molar-refractivity contribution < 1.29 is 27.4 Å². The SMILES string of the molecule is COC(=O)C(CC#Cc1ccc(N2CCOCC2)cc1)NS(=O)(=O)c1ccc(-c2ccc(OC)cc2)cc1. The predicted octanol–water partition coefficient (Wildman–Crippen LogP) is 3.46. The number of rotatable bonds is 8. The summed E-state index contributed by atoms with van der Waals surface area (Å²) in [7, 11) is -1.18. The minimum atomic E-state index is -3.99. The van der Waals surface area contributed by atoms with Gasteiger partial charge in [-0.15, -0.1) is 0 Å². The maximum Gasteiger partial charge on any atom is 0.324 e. The Balaban J connectivity index is 1.42. The third kappa shape index (κ3) is 6.92. The molecule has 0 saturated carbocycles. The number of anilines is 1. The van der Waals surface area contributed by atoms with E-state index in [9.17, 15) is 13.2 Å². The Hall–Kier alpha value is -3.84. The van der Waals surface area contributed by atoms with Crippen LogP contribution in [0.1, 0.15) is 12.0 Å². The Morgan fingerprint density at radius 1 is 0.947 bits per heavy atom. The van der Waals surface area contributed by atoms with Crippen LogP contribution in [-0.4, -0.2) is 61.0 Å². The Bertz CT molecular complexity index is 1390. The fourth-order valence-electron chi connectivity index (χ4n) is 4.01. The van der Waals surface area contributed by atoms with Crippen molar-refractivity contribution in [3.05, 3.63) is 78.4 Å². The van der Waals surface area contributed by atoms with Crippen molar-refractivity contribution >= 4 is 21.7 Å². The monoisotopic (exact) mass is 534 g/mol. The molecule has 1 fully saturated rings. The summed E-state index contributed by atoms with van der Waals surface area (Å²) in [4.78, 5) is 14.6. The van der Waals surface area contributed by atoms with Gasteiger partial charge in [0.25, 0.3) is 0 Å². The highest BCUT2D eigenvalue weighted by atomic mass is 32.2. The Morgan fingerprint density at radius 3 is 2.13 bits per heavy atom. The van der Waals surface area contributed by atoms with Crippen LogP contribution in [0.15, 0.2) is 77.7 Å². The summed E-state index contributed by atoms with van der Waals surface area (Å²) in [5, 5.41) is 0. The average molecular weight is 535 g/mol. The van der Waals surface area contributed by atoms with E-state index in [-0.39, 0.29) is 11.3 Å². The molecule has 0 amide bonds. The molecule has 0 aliphatic carbocycles. The predicted molar refractivity (Wildman–Crippen MR) is 146 cm³/mol. The number of carbonyl (C=O) groups excluding carboxylic acids is 1. The summed E-state index contributed by atoms with van der Waals surface area (Å²) in [5.74, 6) is 5.93. The molecule has 1 saturated heterocycles. The van der Waals surface area contributed by atoms with E-state index in [1.807, 2.05) is 48.5 Å². The van der Waals surface area contributed by atoms with Gasteiger partial charge < -0.3 is 19.1 Å². The van der Waals surface area contributed by atoms with Gasteiger partial charge in [-0.25, -0.2) is 8.42 Å². The molecular weight excluding hydrogens is 504 g/mol. The molecule has 1 unspecified atom stereocenters. The zero-order valence-electron chi connectivity index (χ0n) is 21.3. The molecule has 1 N–H and O–H groups in total. The van der Waals surface area contributed by atoms with Gasteiger partial charge in [0.05, 0.1) is 32.3 Å². The van der Waals surface area contributed by atoms with Crippen LogP contribution in [0.2, 0.25) is 0 Å². The van der Waals surface area contributed by atoms with E-state index in [1.165, 1.54) is 19.2 Å². The van der Waals surface area contributed by atoms with E-state index >= 15 is 0 Å². The lowest BCUT2D eigenvalue weighted by atomic mass is 10.1. The number of hydrogen-bond acceptors (Lipinski definition) is 7. The number of carbonyl (C=O) groups is 1. The number of esters is 1. The largest absolute Gasteiger partial charge is 0.497 e. The molecule has 38 heavy (non-hydrogen) atoms. The Morgan fingerprint density at radius 2 is 1.55 bits per heavy atom. The number of methoxy groups -OCH3 is 2.